The molecule has 2 amide bonds. The normalized spacial score (nSPS) is 11.7. The zero-order valence-electron chi connectivity index (χ0n) is 22.6. The minimum atomic E-state index is -0.579. The van der Waals surface area contributed by atoms with Crippen LogP contribution in [0.15, 0.2) is 85.5 Å². The molecule has 5 rings (SSSR count). The van der Waals surface area contributed by atoms with Gasteiger partial charge < -0.3 is 10.1 Å². The van der Waals surface area contributed by atoms with E-state index in [0.29, 0.717) is 39.6 Å². The summed E-state index contributed by atoms with van der Waals surface area (Å²) < 4.78 is 6.11. The molecule has 2 N–H and O–H groups in total. The van der Waals surface area contributed by atoms with Crippen molar-refractivity contribution in [3.63, 3.8) is 0 Å². The summed E-state index contributed by atoms with van der Waals surface area (Å²) in [5.74, 6) is -0.377. The van der Waals surface area contributed by atoms with E-state index in [1.165, 1.54) is 24.2 Å². The van der Waals surface area contributed by atoms with Gasteiger partial charge in [-0.1, -0.05) is 35.3 Å². The van der Waals surface area contributed by atoms with Crippen LogP contribution in [0.1, 0.15) is 22.9 Å². The highest BCUT2D eigenvalue weighted by molar-refractivity contribution is 6.32. The second-order valence-corrected chi connectivity index (χ2v) is 9.87. The Bertz CT molecular complexity index is 1750. The molecule has 0 aliphatic carbocycles. The number of benzene rings is 2. The number of hydrogen-bond acceptors (Lipinski definition) is 9. The SMILES string of the molecule is COC(=O)Nc1ccc(-c2cc(C(Cc3ccncc3)NC(=O)C=Cc3cc(Cl)ccc3-n3cnnn3)nnc2Cl)cc1. The molecule has 216 valence electrons. The molecule has 3 aromatic heterocycles. The van der Waals surface area contributed by atoms with Crippen LogP contribution in [0.5, 0.6) is 0 Å². The first-order valence-electron chi connectivity index (χ1n) is 12.8. The van der Waals surface area contributed by atoms with Crippen LogP contribution in [-0.4, -0.2) is 54.5 Å². The lowest BCUT2D eigenvalue weighted by Crippen LogP contribution is -2.29. The predicted molar refractivity (Wildman–Crippen MR) is 161 cm³/mol. The number of methoxy groups -OCH3 is 1. The molecule has 0 bridgehead atoms. The molecule has 2 aromatic carbocycles. The van der Waals surface area contributed by atoms with Crippen molar-refractivity contribution >= 4 is 47.0 Å². The standard InChI is InChI=1S/C29H23Cl2N9O3/c1-43-29(42)34-22-6-2-19(3-7-22)23-16-25(36-37-28(23)31)24(14-18-10-12-32-13-11-18)35-27(41)9-4-20-15-21(30)5-8-26(20)40-17-33-38-39-40/h2-13,15-17,24H,14H2,1H3,(H,34,42)(H,35,41). The Kier molecular flexibility index (Phi) is 9.29. The smallest absolute Gasteiger partial charge is 0.411 e. The molecule has 43 heavy (non-hydrogen) atoms. The maximum Gasteiger partial charge on any atom is 0.411 e. The number of carbonyl (C=O) groups excluding carboxylic acids is 2. The zero-order valence-corrected chi connectivity index (χ0v) is 24.1. The molecule has 0 aliphatic rings. The van der Waals surface area contributed by atoms with E-state index in [2.05, 4.69) is 46.1 Å². The number of carbonyl (C=O) groups is 2. The average molecular weight is 616 g/mol. The van der Waals surface area contributed by atoms with Crippen molar-refractivity contribution in [1.29, 1.82) is 0 Å². The van der Waals surface area contributed by atoms with Crippen molar-refractivity contribution < 1.29 is 14.3 Å². The first-order chi connectivity index (χ1) is 20.9. The van der Waals surface area contributed by atoms with Crippen LogP contribution < -0.4 is 10.6 Å². The number of aromatic nitrogens is 7. The summed E-state index contributed by atoms with van der Waals surface area (Å²) >= 11 is 12.7. The number of rotatable bonds is 9. The lowest BCUT2D eigenvalue weighted by Gasteiger charge is -2.18. The number of hydrogen-bond donors (Lipinski definition) is 2. The summed E-state index contributed by atoms with van der Waals surface area (Å²) in [6, 6.07) is 17.1. The van der Waals surface area contributed by atoms with Crippen LogP contribution in [0.25, 0.3) is 22.9 Å². The fourth-order valence-electron chi connectivity index (χ4n) is 4.18. The molecule has 5 aromatic rings. The lowest BCUT2D eigenvalue weighted by molar-refractivity contribution is -0.117. The number of nitrogens with zero attached hydrogens (tertiary/aromatic N) is 7. The van der Waals surface area contributed by atoms with Crippen molar-refractivity contribution in [2.75, 3.05) is 12.4 Å². The molecule has 0 saturated carbocycles. The minimum Gasteiger partial charge on any atom is -0.453 e. The number of tetrazole rings is 1. The van der Waals surface area contributed by atoms with Gasteiger partial charge in [0.1, 0.15) is 6.33 Å². The topological polar surface area (TPSA) is 150 Å². The third-order valence-electron chi connectivity index (χ3n) is 6.26. The molecule has 1 atom stereocenters. The highest BCUT2D eigenvalue weighted by Gasteiger charge is 2.19. The fraction of sp³-hybridized carbons (Fsp3) is 0.103. The number of anilines is 1. The van der Waals surface area contributed by atoms with Gasteiger partial charge in [0.25, 0.3) is 0 Å². The largest absolute Gasteiger partial charge is 0.453 e. The summed E-state index contributed by atoms with van der Waals surface area (Å²) in [4.78, 5) is 28.8. The van der Waals surface area contributed by atoms with E-state index < -0.39 is 12.1 Å². The molecule has 3 heterocycles. The van der Waals surface area contributed by atoms with Gasteiger partial charge in [0.2, 0.25) is 5.91 Å². The Morgan fingerprint density at radius 2 is 1.81 bits per heavy atom. The van der Waals surface area contributed by atoms with E-state index in [-0.39, 0.29) is 11.1 Å². The molecular weight excluding hydrogens is 593 g/mol. The van der Waals surface area contributed by atoms with E-state index in [9.17, 15) is 9.59 Å². The first kappa shape index (κ1) is 29.3. The van der Waals surface area contributed by atoms with E-state index in [4.69, 9.17) is 23.2 Å². The van der Waals surface area contributed by atoms with Gasteiger partial charge in [0.15, 0.2) is 5.15 Å². The maximum absolute atomic E-state index is 13.2. The number of amides is 2. The van der Waals surface area contributed by atoms with Gasteiger partial charge in [-0.05, 0) is 82.6 Å². The Balaban J connectivity index is 1.42. The number of nitrogens with one attached hydrogen (secondary N) is 2. The predicted octanol–water partition coefficient (Wildman–Crippen LogP) is 5.11. The summed E-state index contributed by atoms with van der Waals surface area (Å²) in [5.41, 5.74) is 4.59. The quantitative estimate of drug-likeness (QED) is 0.215. The summed E-state index contributed by atoms with van der Waals surface area (Å²) in [7, 11) is 1.29. The van der Waals surface area contributed by atoms with E-state index in [0.717, 1.165) is 11.1 Å². The zero-order chi connectivity index (χ0) is 30.2. The van der Waals surface area contributed by atoms with Crippen LogP contribution >= 0.6 is 23.2 Å². The molecule has 0 fully saturated rings. The average Bonchev–Trinajstić information content (AvgIpc) is 3.56. The molecule has 12 nitrogen and oxygen atoms in total. The van der Waals surface area contributed by atoms with Gasteiger partial charge in [0, 0.05) is 40.3 Å². The van der Waals surface area contributed by atoms with Gasteiger partial charge in [-0.25, -0.2) is 4.79 Å². The van der Waals surface area contributed by atoms with Crippen LogP contribution in [0, 0.1) is 0 Å². The van der Waals surface area contributed by atoms with Gasteiger partial charge in [-0.2, -0.15) is 9.78 Å². The Morgan fingerprint density at radius 1 is 1.02 bits per heavy atom. The van der Waals surface area contributed by atoms with Gasteiger partial charge in [0.05, 0.1) is 24.5 Å². The van der Waals surface area contributed by atoms with Crippen molar-refractivity contribution in [3.8, 4) is 16.8 Å². The van der Waals surface area contributed by atoms with Crippen molar-refractivity contribution in [2.24, 2.45) is 0 Å². The number of halogens is 2. The van der Waals surface area contributed by atoms with Crippen LogP contribution in [-0.2, 0) is 16.0 Å². The molecular formula is C29H23Cl2N9O3. The van der Waals surface area contributed by atoms with Gasteiger partial charge in [-0.15, -0.1) is 10.2 Å². The molecule has 0 radical (unpaired) electrons. The summed E-state index contributed by atoms with van der Waals surface area (Å²) in [5, 5.41) is 26.0. The van der Waals surface area contributed by atoms with E-state index in [1.807, 2.05) is 12.1 Å². The Hall–Kier alpha value is -5.20. The van der Waals surface area contributed by atoms with Crippen LogP contribution in [0.4, 0.5) is 10.5 Å². The molecule has 0 aliphatic heterocycles. The van der Waals surface area contributed by atoms with Crippen LogP contribution in [0.3, 0.4) is 0 Å². The second-order valence-electron chi connectivity index (χ2n) is 9.08. The number of ether oxygens (including phenoxy) is 1. The van der Waals surface area contributed by atoms with E-state index >= 15 is 0 Å². The van der Waals surface area contributed by atoms with Gasteiger partial charge in [-0.3, -0.25) is 15.1 Å². The van der Waals surface area contributed by atoms with Gasteiger partial charge >= 0.3 is 6.09 Å². The summed E-state index contributed by atoms with van der Waals surface area (Å²) in [6.45, 7) is 0. The third kappa shape index (κ3) is 7.56. The van der Waals surface area contributed by atoms with Crippen molar-refractivity contribution in [2.45, 2.75) is 12.5 Å². The number of pyridine rings is 1. The lowest BCUT2D eigenvalue weighted by atomic mass is 10.0. The monoisotopic (exact) mass is 615 g/mol. The molecule has 14 heteroatoms. The third-order valence-corrected chi connectivity index (χ3v) is 6.77. The Morgan fingerprint density at radius 3 is 2.53 bits per heavy atom. The van der Waals surface area contributed by atoms with Crippen LogP contribution in [0.2, 0.25) is 10.2 Å². The molecule has 0 saturated heterocycles. The molecule has 1 unspecified atom stereocenters. The van der Waals surface area contributed by atoms with E-state index in [1.54, 1.807) is 67.0 Å². The fourth-order valence-corrected chi connectivity index (χ4v) is 4.56. The minimum absolute atomic E-state index is 0.183. The highest BCUT2D eigenvalue weighted by Crippen LogP contribution is 2.30. The first-order valence-corrected chi connectivity index (χ1v) is 13.5. The summed E-state index contributed by atoms with van der Waals surface area (Å²) in [6.07, 6.45) is 7.66. The molecule has 0 spiro atoms. The Labute approximate surface area is 255 Å². The second kappa shape index (κ2) is 13.6. The van der Waals surface area contributed by atoms with Crippen molar-refractivity contribution in [3.05, 3.63) is 112 Å². The highest BCUT2D eigenvalue weighted by atomic mass is 35.5. The van der Waals surface area contributed by atoms with Crippen molar-refractivity contribution in [1.82, 2.24) is 40.7 Å². The maximum atomic E-state index is 13.2.